The Kier molecular flexibility index (Phi) is 5.48. The largest absolute Gasteiger partial charge is 1.00 e. The van der Waals surface area contributed by atoms with Gasteiger partial charge in [0, 0.05) is 18.3 Å². The molecule has 0 bridgehead atoms. The summed E-state index contributed by atoms with van der Waals surface area (Å²) in [5.74, 6) is 0. The second kappa shape index (κ2) is 5.54. The van der Waals surface area contributed by atoms with Crippen molar-refractivity contribution in [2.24, 2.45) is 0 Å². The summed E-state index contributed by atoms with van der Waals surface area (Å²) in [5, 5.41) is 0. The third-order valence-electron chi connectivity index (χ3n) is 1.76. The Hall–Kier alpha value is -0.160. The zero-order chi connectivity index (χ0) is 9.03. The molecule has 0 unspecified atom stereocenters. The monoisotopic (exact) mass is 292 g/mol. The van der Waals surface area contributed by atoms with Gasteiger partial charge in [-0.05, 0) is 12.1 Å². The van der Waals surface area contributed by atoms with E-state index in [0.717, 1.165) is 17.4 Å². The first-order chi connectivity index (χ1) is 5.58. The van der Waals surface area contributed by atoms with Crippen LogP contribution in [-0.4, -0.2) is 37.2 Å². The van der Waals surface area contributed by atoms with Crippen LogP contribution < -0.4 is 24.0 Å². The number of hydrogen-bond acceptors (Lipinski definition) is 1. The van der Waals surface area contributed by atoms with E-state index in [0.29, 0.717) is 0 Å². The maximum atomic E-state index is 4.27. The molecule has 1 rings (SSSR count). The van der Waals surface area contributed by atoms with Gasteiger partial charge in [-0.25, -0.2) is 0 Å². The molecule has 0 aromatic carbocycles. The van der Waals surface area contributed by atoms with Gasteiger partial charge in [-0.3, -0.25) is 4.98 Å². The van der Waals surface area contributed by atoms with E-state index in [-0.39, 0.29) is 24.0 Å². The van der Waals surface area contributed by atoms with Gasteiger partial charge in [0.25, 0.3) is 0 Å². The van der Waals surface area contributed by atoms with Crippen LogP contribution in [0.1, 0.15) is 5.69 Å². The molecular formula is C10H17IN2. The average Bonchev–Trinajstić information content (AvgIpc) is 2.02. The Labute approximate surface area is 97.6 Å². The lowest BCUT2D eigenvalue weighted by molar-refractivity contribution is -0.870. The maximum absolute atomic E-state index is 4.27. The highest BCUT2D eigenvalue weighted by atomic mass is 127. The quantitative estimate of drug-likeness (QED) is 0.480. The summed E-state index contributed by atoms with van der Waals surface area (Å²) in [5.41, 5.74) is 1.19. The molecule has 2 nitrogen and oxygen atoms in total. The second-order valence-electron chi connectivity index (χ2n) is 4.09. The minimum atomic E-state index is 0. The lowest BCUT2D eigenvalue weighted by atomic mass is 10.2. The summed E-state index contributed by atoms with van der Waals surface area (Å²) in [7, 11) is 6.59. The summed E-state index contributed by atoms with van der Waals surface area (Å²) in [6, 6.07) is 6.07. The van der Waals surface area contributed by atoms with E-state index in [1.807, 2.05) is 18.3 Å². The molecule has 0 fully saturated rings. The molecule has 0 aliphatic carbocycles. The lowest BCUT2D eigenvalue weighted by Crippen LogP contribution is -3.00. The van der Waals surface area contributed by atoms with E-state index in [1.54, 1.807) is 0 Å². The lowest BCUT2D eigenvalue weighted by Gasteiger charge is -2.23. The van der Waals surface area contributed by atoms with Crippen molar-refractivity contribution >= 4 is 0 Å². The van der Waals surface area contributed by atoms with Crippen molar-refractivity contribution in [3.8, 4) is 0 Å². The van der Waals surface area contributed by atoms with E-state index >= 15 is 0 Å². The summed E-state index contributed by atoms with van der Waals surface area (Å²) in [4.78, 5) is 4.27. The average molecular weight is 292 g/mol. The van der Waals surface area contributed by atoms with E-state index in [4.69, 9.17) is 0 Å². The zero-order valence-corrected chi connectivity index (χ0v) is 10.7. The molecule has 0 N–H and O–H groups in total. The standard InChI is InChI=1S/C10H17N2.HI/c1-12(2,3)9-7-10-6-4-5-8-11-10;/h4-6,8H,7,9H2,1-3H3;1H/q+1;/p-1. The molecule has 0 aliphatic rings. The van der Waals surface area contributed by atoms with Crippen LogP contribution in [0.3, 0.4) is 0 Å². The van der Waals surface area contributed by atoms with Crippen molar-refractivity contribution in [2.75, 3.05) is 27.7 Å². The first-order valence-electron chi connectivity index (χ1n) is 4.28. The molecule has 0 spiro atoms. The molecule has 74 valence electrons. The Bertz CT molecular complexity index is 228. The number of hydrogen-bond donors (Lipinski definition) is 0. The van der Waals surface area contributed by atoms with Gasteiger partial charge in [-0.15, -0.1) is 0 Å². The minimum absolute atomic E-state index is 0. The Morgan fingerprint density at radius 3 is 2.38 bits per heavy atom. The Balaban J connectivity index is 0.00000144. The normalized spacial score (nSPS) is 10.7. The fraction of sp³-hybridized carbons (Fsp3) is 0.500. The summed E-state index contributed by atoms with van der Waals surface area (Å²) >= 11 is 0. The highest BCUT2D eigenvalue weighted by Gasteiger charge is 2.06. The maximum Gasteiger partial charge on any atom is 0.0836 e. The molecule has 1 aromatic rings. The van der Waals surface area contributed by atoms with Gasteiger partial charge in [0.1, 0.15) is 0 Å². The van der Waals surface area contributed by atoms with Crippen molar-refractivity contribution in [1.29, 1.82) is 0 Å². The molecule has 0 saturated carbocycles. The van der Waals surface area contributed by atoms with Crippen LogP contribution in [0.4, 0.5) is 0 Å². The molecule has 0 aliphatic heterocycles. The van der Waals surface area contributed by atoms with E-state index < -0.39 is 0 Å². The molecule has 0 atom stereocenters. The predicted octanol–water partition coefficient (Wildman–Crippen LogP) is -1.67. The fourth-order valence-electron chi connectivity index (χ4n) is 0.996. The van der Waals surface area contributed by atoms with Crippen molar-refractivity contribution in [3.05, 3.63) is 30.1 Å². The molecular weight excluding hydrogens is 275 g/mol. The van der Waals surface area contributed by atoms with Crippen LogP contribution in [0.5, 0.6) is 0 Å². The SMILES string of the molecule is C[N+](C)(C)CCc1ccccn1.[I-]. The summed E-state index contributed by atoms with van der Waals surface area (Å²) in [6.45, 7) is 1.14. The van der Waals surface area contributed by atoms with Crippen LogP contribution in [0.2, 0.25) is 0 Å². The van der Waals surface area contributed by atoms with E-state index in [2.05, 4.69) is 32.2 Å². The molecule has 0 radical (unpaired) electrons. The number of pyridine rings is 1. The number of halogens is 1. The first-order valence-corrected chi connectivity index (χ1v) is 4.28. The van der Waals surface area contributed by atoms with Crippen LogP contribution in [0.25, 0.3) is 0 Å². The smallest absolute Gasteiger partial charge is 0.0836 e. The van der Waals surface area contributed by atoms with Crippen molar-refractivity contribution in [1.82, 2.24) is 4.98 Å². The van der Waals surface area contributed by atoms with Crippen LogP contribution in [0.15, 0.2) is 24.4 Å². The summed E-state index contributed by atoms with van der Waals surface area (Å²) in [6.07, 6.45) is 2.91. The number of rotatable bonds is 3. The molecule has 1 aromatic heterocycles. The van der Waals surface area contributed by atoms with Crippen molar-refractivity contribution in [3.63, 3.8) is 0 Å². The highest BCUT2D eigenvalue weighted by Crippen LogP contribution is 1.98. The molecule has 0 amide bonds. The van der Waals surface area contributed by atoms with Crippen molar-refractivity contribution in [2.45, 2.75) is 6.42 Å². The number of quaternary nitrogens is 1. The first kappa shape index (κ1) is 12.8. The van der Waals surface area contributed by atoms with Crippen molar-refractivity contribution < 1.29 is 28.5 Å². The summed E-state index contributed by atoms with van der Waals surface area (Å²) < 4.78 is 0.997. The highest BCUT2D eigenvalue weighted by molar-refractivity contribution is 5.03. The van der Waals surface area contributed by atoms with Crippen LogP contribution >= 0.6 is 0 Å². The molecule has 1 heterocycles. The van der Waals surface area contributed by atoms with Gasteiger partial charge >= 0.3 is 0 Å². The fourth-order valence-corrected chi connectivity index (χ4v) is 0.996. The van der Waals surface area contributed by atoms with E-state index in [9.17, 15) is 0 Å². The zero-order valence-electron chi connectivity index (χ0n) is 8.50. The van der Waals surface area contributed by atoms with Gasteiger partial charge in [-0.1, -0.05) is 6.07 Å². The number of aromatic nitrogens is 1. The number of likely N-dealkylation sites (N-methyl/N-ethyl adjacent to an activating group) is 1. The second-order valence-corrected chi connectivity index (χ2v) is 4.09. The molecule has 13 heavy (non-hydrogen) atoms. The van der Waals surface area contributed by atoms with Crippen LogP contribution in [-0.2, 0) is 6.42 Å². The molecule has 3 heteroatoms. The van der Waals surface area contributed by atoms with Gasteiger partial charge in [0.2, 0.25) is 0 Å². The van der Waals surface area contributed by atoms with E-state index in [1.165, 1.54) is 5.69 Å². The predicted molar refractivity (Wildman–Crippen MR) is 50.8 cm³/mol. The van der Waals surface area contributed by atoms with Gasteiger partial charge in [0.15, 0.2) is 0 Å². The minimum Gasteiger partial charge on any atom is -1.00 e. The van der Waals surface area contributed by atoms with Gasteiger partial charge in [0.05, 0.1) is 27.7 Å². The Morgan fingerprint density at radius 2 is 1.92 bits per heavy atom. The topological polar surface area (TPSA) is 12.9 Å². The van der Waals surface area contributed by atoms with Crippen LogP contribution in [0, 0.1) is 0 Å². The molecule has 0 saturated heterocycles. The van der Waals surface area contributed by atoms with Gasteiger partial charge < -0.3 is 28.5 Å². The third-order valence-corrected chi connectivity index (χ3v) is 1.76. The Morgan fingerprint density at radius 1 is 1.23 bits per heavy atom. The third kappa shape index (κ3) is 5.99. The van der Waals surface area contributed by atoms with Gasteiger partial charge in [-0.2, -0.15) is 0 Å². The number of nitrogens with zero attached hydrogens (tertiary/aromatic N) is 2.